The normalized spacial score (nSPS) is 11.4. The summed E-state index contributed by atoms with van der Waals surface area (Å²) in [7, 11) is 0. The summed E-state index contributed by atoms with van der Waals surface area (Å²) < 4.78 is 0. The third-order valence-electron chi connectivity index (χ3n) is 3.77. The second kappa shape index (κ2) is 3.84. The van der Waals surface area contributed by atoms with Crippen molar-refractivity contribution in [2.75, 3.05) is 0 Å². The molecule has 96 valence electrons. The Bertz CT molecular complexity index is 982. The lowest BCUT2D eigenvalue weighted by Crippen LogP contribution is -2.09. The van der Waals surface area contributed by atoms with Crippen molar-refractivity contribution in [1.29, 1.82) is 0 Å². The van der Waals surface area contributed by atoms with E-state index in [2.05, 4.69) is 35.3 Å². The Labute approximate surface area is 115 Å². The van der Waals surface area contributed by atoms with E-state index < -0.39 is 5.91 Å². The van der Waals surface area contributed by atoms with E-state index in [-0.39, 0.29) is 0 Å². The maximum atomic E-state index is 11.4. The van der Waals surface area contributed by atoms with E-state index in [1.807, 2.05) is 18.2 Å². The first kappa shape index (κ1) is 11.1. The van der Waals surface area contributed by atoms with Crippen molar-refractivity contribution in [1.82, 2.24) is 4.98 Å². The number of aromatic amines is 1. The van der Waals surface area contributed by atoms with Gasteiger partial charge in [-0.05, 0) is 45.8 Å². The van der Waals surface area contributed by atoms with Crippen molar-refractivity contribution < 1.29 is 4.79 Å². The highest BCUT2D eigenvalue weighted by Crippen LogP contribution is 2.28. The van der Waals surface area contributed by atoms with Crippen molar-refractivity contribution in [3.8, 4) is 0 Å². The van der Waals surface area contributed by atoms with Gasteiger partial charge >= 0.3 is 0 Å². The molecule has 0 aliphatic heterocycles. The van der Waals surface area contributed by atoms with E-state index in [0.29, 0.717) is 5.56 Å². The first-order chi connectivity index (χ1) is 9.72. The minimum Gasteiger partial charge on any atom is -0.366 e. The molecule has 0 bridgehead atoms. The third kappa shape index (κ3) is 1.50. The SMILES string of the molecule is NC(=O)c1c[nH]c2cc3cc4ccccc4cc3cc12. The Hall–Kier alpha value is -2.81. The van der Waals surface area contributed by atoms with Crippen molar-refractivity contribution >= 4 is 38.4 Å². The molecule has 1 heterocycles. The molecule has 20 heavy (non-hydrogen) atoms. The molecule has 0 saturated heterocycles. The van der Waals surface area contributed by atoms with Gasteiger partial charge in [0.1, 0.15) is 0 Å². The number of carbonyl (C=O) groups is 1. The fourth-order valence-electron chi connectivity index (χ4n) is 2.77. The minimum atomic E-state index is -0.406. The number of hydrogen-bond donors (Lipinski definition) is 2. The summed E-state index contributed by atoms with van der Waals surface area (Å²) in [5.74, 6) is -0.406. The summed E-state index contributed by atoms with van der Waals surface area (Å²) in [6.45, 7) is 0. The molecular formula is C17H12N2O. The summed E-state index contributed by atoms with van der Waals surface area (Å²) in [6, 6.07) is 16.6. The number of rotatable bonds is 1. The minimum absolute atomic E-state index is 0.406. The predicted molar refractivity (Wildman–Crippen MR) is 81.8 cm³/mol. The molecule has 0 radical (unpaired) electrons. The fraction of sp³-hybridized carbons (Fsp3) is 0. The van der Waals surface area contributed by atoms with Gasteiger partial charge in [0.2, 0.25) is 0 Å². The molecule has 0 aliphatic rings. The number of hydrogen-bond acceptors (Lipinski definition) is 1. The average molecular weight is 260 g/mol. The van der Waals surface area contributed by atoms with E-state index >= 15 is 0 Å². The van der Waals surface area contributed by atoms with Gasteiger partial charge in [-0.3, -0.25) is 4.79 Å². The second-order valence-corrected chi connectivity index (χ2v) is 5.01. The van der Waals surface area contributed by atoms with E-state index in [0.717, 1.165) is 21.7 Å². The molecule has 1 aromatic heterocycles. The van der Waals surface area contributed by atoms with E-state index in [1.54, 1.807) is 6.20 Å². The molecule has 4 rings (SSSR count). The number of carbonyl (C=O) groups excluding carboxylic acids is 1. The molecule has 3 aromatic carbocycles. The maximum Gasteiger partial charge on any atom is 0.250 e. The zero-order chi connectivity index (χ0) is 13.7. The van der Waals surface area contributed by atoms with E-state index in [4.69, 9.17) is 5.73 Å². The van der Waals surface area contributed by atoms with Crippen LogP contribution >= 0.6 is 0 Å². The lowest BCUT2D eigenvalue weighted by atomic mass is 10.0. The molecule has 1 amide bonds. The highest BCUT2D eigenvalue weighted by atomic mass is 16.1. The number of H-pyrrole nitrogens is 1. The number of primary amides is 1. The first-order valence-electron chi connectivity index (χ1n) is 6.46. The number of benzene rings is 3. The lowest BCUT2D eigenvalue weighted by molar-refractivity contribution is 0.100. The molecule has 0 atom stereocenters. The molecule has 3 nitrogen and oxygen atoms in total. The van der Waals surface area contributed by atoms with Crippen LogP contribution < -0.4 is 5.73 Å². The standard InChI is InChI=1S/C17H12N2O/c18-17(20)15-9-19-16-8-13-6-11-4-2-1-3-10(11)5-12(13)7-14(15)16/h1-9,19H,(H2,18,20). The van der Waals surface area contributed by atoms with Crippen LogP contribution in [0.1, 0.15) is 10.4 Å². The number of fused-ring (bicyclic) bond motifs is 3. The van der Waals surface area contributed by atoms with Gasteiger partial charge in [-0.2, -0.15) is 0 Å². The van der Waals surface area contributed by atoms with Crippen molar-refractivity contribution in [3.05, 3.63) is 60.3 Å². The van der Waals surface area contributed by atoms with Gasteiger partial charge in [0.15, 0.2) is 0 Å². The van der Waals surface area contributed by atoms with Crippen molar-refractivity contribution in [2.24, 2.45) is 5.73 Å². The second-order valence-electron chi connectivity index (χ2n) is 5.01. The van der Waals surface area contributed by atoms with Crippen LogP contribution in [-0.2, 0) is 0 Å². The zero-order valence-electron chi connectivity index (χ0n) is 10.7. The van der Waals surface area contributed by atoms with Crippen LogP contribution in [0.2, 0.25) is 0 Å². The predicted octanol–water partition coefficient (Wildman–Crippen LogP) is 3.57. The summed E-state index contributed by atoms with van der Waals surface area (Å²) in [6.07, 6.45) is 1.67. The molecule has 0 saturated carbocycles. The molecule has 3 heteroatoms. The van der Waals surface area contributed by atoms with Gasteiger partial charge in [-0.1, -0.05) is 24.3 Å². The number of nitrogens with one attached hydrogen (secondary N) is 1. The van der Waals surface area contributed by atoms with E-state index in [9.17, 15) is 4.79 Å². The molecule has 0 fully saturated rings. The Morgan fingerprint density at radius 2 is 1.55 bits per heavy atom. The lowest BCUT2D eigenvalue weighted by Gasteiger charge is -2.03. The summed E-state index contributed by atoms with van der Waals surface area (Å²) in [5.41, 5.74) is 6.87. The molecule has 0 unspecified atom stereocenters. The smallest absolute Gasteiger partial charge is 0.250 e. The topological polar surface area (TPSA) is 58.9 Å². The quantitative estimate of drug-likeness (QED) is 0.505. The number of amides is 1. The molecular weight excluding hydrogens is 248 g/mol. The first-order valence-corrected chi connectivity index (χ1v) is 6.46. The van der Waals surface area contributed by atoms with Crippen LogP contribution in [-0.4, -0.2) is 10.9 Å². The van der Waals surface area contributed by atoms with Crippen LogP contribution in [0.5, 0.6) is 0 Å². The highest BCUT2D eigenvalue weighted by Gasteiger charge is 2.10. The monoisotopic (exact) mass is 260 g/mol. The Kier molecular flexibility index (Phi) is 2.12. The van der Waals surface area contributed by atoms with Crippen molar-refractivity contribution in [2.45, 2.75) is 0 Å². The maximum absolute atomic E-state index is 11.4. The number of nitrogens with two attached hydrogens (primary N) is 1. The molecule has 0 aliphatic carbocycles. The average Bonchev–Trinajstić information content (AvgIpc) is 2.85. The van der Waals surface area contributed by atoms with Gasteiger partial charge in [0.25, 0.3) is 5.91 Å². The largest absolute Gasteiger partial charge is 0.366 e. The van der Waals surface area contributed by atoms with Gasteiger partial charge < -0.3 is 10.7 Å². The number of aromatic nitrogens is 1. The van der Waals surface area contributed by atoms with E-state index in [1.165, 1.54) is 10.8 Å². The highest BCUT2D eigenvalue weighted by molar-refractivity contribution is 6.11. The van der Waals surface area contributed by atoms with Crippen LogP contribution in [0, 0.1) is 0 Å². The van der Waals surface area contributed by atoms with Crippen LogP contribution in [0.15, 0.2) is 54.7 Å². The molecule has 3 N–H and O–H groups in total. The van der Waals surface area contributed by atoms with Crippen molar-refractivity contribution in [3.63, 3.8) is 0 Å². The van der Waals surface area contributed by atoms with Gasteiger partial charge in [0, 0.05) is 17.1 Å². The Morgan fingerprint density at radius 3 is 2.20 bits per heavy atom. The Morgan fingerprint density at radius 1 is 0.900 bits per heavy atom. The fourth-order valence-corrected chi connectivity index (χ4v) is 2.77. The van der Waals surface area contributed by atoms with Crippen LogP contribution in [0.25, 0.3) is 32.4 Å². The van der Waals surface area contributed by atoms with Gasteiger partial charge in [-0.25, -0.2) is 0 Å². The van der Waals surface area contributed by atoms with Gasteiger partial charge in [0.05, 0.1) is 5.56 Å². The van der Waals surface area contributed by atoms with Crippen LogP contribution in [0.3, 0.4) is 0 Å². The van der Waals surface area contributed by atoms with Crippen LogP contribution in [0.4, 0.5) is 0 Å². The molecule has 4 aromatic rings. The summed E-state index contributed by atoms with van der Waals surface area (Å²) in [5, 5.41) is 5.53. The summed E-state index contributed by atoms with van der Waals surface area (Å²) in [4.78, 5) is 14.5. The Balaban J connectivity index is 2.14. The third-order valence-corrected chi connectivity index (χ3v) is 3.77. The summed E-state index contributed by atoms with van der Waals surface area (Å²) >= 11 is 0. The van der Waals surface area contributed by atoms with Gasteiger partial charge in [-0.15, -0.1) is 0 Å². The molecule has 0 spiro atoms. The zero-order valence-corrected chi connectivity index (χ0v) is 10.7.